The number of amides is 2. The summed E-state index contributed by atoms with van der Waals surface area (Å²) in [5.41, 5.74) is 0.642. The van der Waals surface area contributed by atoms with Gasteiger partial charge < -0.3 is 15.3 Å². The first-order valence-corrected chi connectivity index (χ1v) is 7.31. The van der Waals surface area contributed by atoms with Gasteiger partial charge in [0.15, 0.2) is 0 Å². The van der Waals surface area contributed by atoms with E-state index >= 15 is 0 Å². The van der Waals surface area contributed by atoms with Crippen LogP contribution in [-0.4, -0.2) is 39.7 Å². The lowest BCUT2D eigenvalue weighted by Gasteiger charge is -2.20. The molecule has 1 saturated heterocycles. The first kappa shape index (κ1) is 14.9. The zero-order valence-electron chi connectivity index (χ0n) is 10.3. The Balaban J connectivity index is 1.94. The van der Waals surface area contributed by atoms with E-state index in [9.17, 15) is 14.0 Å². The van der Waals surface area contributed by atoms with Crippen molar-refractivity contribution in [2.75, 3.05) is 11.6 Å². The first-order chi connectivity index (χ1) is 9.49. The first-order valence-electron chi connectivity index (χ1n) is 5.78. The Morgan fingerprint density at radius 1 is 1.55 bits per heavy atom. The fourth-order valence-electron chi connectivity index (χ4n) is 1.78. The molecule has 0 saturated carbocycles. The molecule has 1 atom stereocenters. The molecule has 2 N–H and O–H groups in total. The average Bonchev–Trinajstić information content (AvgIpc) is 2.89. The van der Waals surface area contributed by atoms with Crippen LogP contribution in [0.15, 0.2) is 18.2 Å². The van der Waals surface area contributed by atoms with Crippen molar-refractivity contribution in [3.8, 4) is 0 Å². The molecular formula is C12H12ClFN2O3S. The van der Waals surface area contributed by atoms with Crippen LogP contribution in [0.1, 0.15) is 5.56 Å². The van der Waals surface area contributed by atoms with E-state index in [0.717, 1.165) is 0 Å². The molecule has 1 aliphatic rings. The number of aliphatic carboxylic acids is 1. The third kappa shape index (κ3) is 3.34. The Bertz CT molecular complexity index is 543. The number of thioether (sulfide) groups is 1. The molecule has 0 aliphatic carbocycles. The zero-order valence-corrected chi connectivity index (χ0v) is 11.9. The summed E-state index contributed by atoms with van der Waals surface area (Å²) in [6.07, 6.45) is 0. The molecule has 108 valence electrons. The second kappa shape index (κ2) is 6.32. The van der Waals surface area contributed by atoms with E-state index in [0.29, 0.717) is 17.2 Å². The molecule has 0 unspecified atom stereocenters. The minimum atomic E-state index is -1.02. The molecule has 8 heteroatoms. The van der Waals surface area contributed by atoms with Crippen LogP contribution >= 0.6 is 23.4 Å². The number of carboxylic acid groups (broad SMARTS) is 1. The van der Waals surface area contributed by atoms with Crippen molar-refractivity contribution < 1.29 is 19.1 Å². The number of rotatable bonds is 3. The van der Waals surface area contributed by atoms with Gasteiger partial charge in [-0.15, -0.1) is 11.8 Å². The SMILES string of the molecule is O=C(O)[C@@H]1CSCN1C(=O)NCc1ccc(F)c(Cl)c1. The number of nitrogens with one attached hydrogen (secondary N) is 1. The third-order valence-electron chi connectivity index (χ3n) is 2.86. The molecule has 0 radical (unpaired) electrons. The number of carbonyl (C=O) groups is 2. The highest BCUT2D eigenvalue weighted by Crippen LogP contribution is 2.21. The van der Waals surface area contributed by atoms with Crippen LogP contribution in [0, 0.1) is 5.82 Å². The van der Waals surface area contributed by atoms with Crippen molar-refractivity contribution in [1.82, 2.24) is 10.2 Å². The summed E-state index contributed by atoms with van der Waals surface area (Å²) >= 11 is 7.03. The molecule has 5 nitrogen and oxygen atoms in total. The standard InChI is InChI=1S/C12H12ClFN2O3S/c13-8-3-7(1-2-9(8)14)4-15-12(19)16-6-20-5-10(16)11(17)18/h1-3,10H,4-6H2,(H,15,19)(H,17,18)/t10-/m0/s1. The van der Waals surface area contributed by atoms with Crippen LogP contribution in [-0.2, 0) is 11.3 Å². The zero-order chi connectivity index (χ0) is 14.7. The summed E-state index contributed by atoms with van der Waals surface area (Å²) < 4.78 is 13.0. The number of carboxylic acids is 1. The van der Waals surface area contributed by atoms with Gasteiger partial charge in [0.05, 0.1) is 10.9 Å². The van der Waals surface area contributed by atoms with E-state index in [-0.39, 0.29) is 11.6 Å². The van der Waals surface area contributed by atoms with Gasteiger partial charge in [0, 0.05) is 12.3 Å². The van der Waals surface area contributed by atoms with Gasteiger partial charge >= 0.3 is 12.0 Å². The number of halogens is 2. The number of carbonyl (C=O) groups excluding carboxylic acids is 1. The minimum absolute atomic E-state index is 0.0168. The van der Waals surface area contributed by atoms with Crippen molar-refractivity contribution in [3.63, 3.8) is 0 Å². The Kier molecular flexibility index (Phi) is 4.72. The molecule has 20 heavy (non-hydrogen) atoms. The topological polar surface area (TPSA) is 69.6 Å². The number of hydrogen-bond acceptors (Lipinski definition) is 3. The molecule has 1 aromatic carbocycles. The fourth-order valence-corrected chi connectivity index (χ4v) is 3.12. The molecule has 0 bridgehead atoms. The molecule has 2 rings (SSSR count). The van der Waals surface area contributed by atoms with Crippen LogP contribution in [0.4, 0.5) is 9.18 Å². The maximum absolute atomic E-state index is 13.0. The second-order valence-electron chi connectivity index (χ2n) is 4.23. The quantitative estimate of drug-likeness (QED) is 0.896. The predicted octanol–water partition coefficient (Wildman–Crippen LogP) is 2.15. The summed E-state index contributed by atoms with van der Waals surface area (Å²) in [5, 5.41) is 11.6. The van der Waals surface area contributed by atoms with Crippen LogP contribution in [0.3, 0.4) is 0 Å². The Morgan fingerprint density at radius 3 is 2.95 bits per heavy atom. The largest absolute Gasteiger partial charge is 0.480 e. The van der Waals surface area contributed by atoms with E-state index in [1.807, 2.05) is 0 Å². The van der Waals surface area contributed by atoms with Gasteiger partial charge in [-0.3, -0.25) is 0 Å². The summed E-state index contributed by atoms with van der Waals surface area (Å²) in [6.45, 7) is 0.159. The van der Waals surface area contributed by atoms with Crippen LogP contribution in [0.2, 0.25) is 5.02 Å². The molecule has 0 spiro atoms. The van der Waals surface area contributed by atoms with E-state index in [1.165, 1.54) is 34.9 Å². The van der Waals surface area contributed by atoms with E-state index < -0.39 is 23.9 Å². The number of hydrogen-bond donors (Lipinski definition) is 2. The number of urea groups is 1. The number of nitrogens with zero attached hydrogens (tertiary/aromatic N) is 1. The van der Waals surface area contributed by atoms with Crippen LogP contribution in [0.25, 0.3) is 0 Å². The van der Waals surface area contributed by atoms with Crippen molar-refractivity contribution >= 4 is 35.4 Å². The van der Waals surface area contributed by atoms with Crippen molar-refractivity contribution in [1.29, 1.82) is 0 Å². The number of benzene rings is 1. The van der Waals surface area contributed by atoms with Gasteiger partial charge in [0.25, 0.3) is 0 Å². The lowest BCUT2D eigenvalue weighted by molar-refractivity contribution is -0.140. The molecule has 1 aromatic rings. The monoisotopic (exact) mass is 318 g/mol. The Hall–Kier alpha value is -1.47. The maximum Gasteiger partial charge on any atom is 0.327 e. The van der Waals surface area contributed by atoms with Gasteiger partial charge in [0.1, 0.15) is 11.9 Å². The van der Waals surface area contributed by atoms with Crippen LogP contribution in [0.5, 0.6) is 0 Å². The molecule has 2 amide bonds. The van der Waals surface area contributed by atoms with Crippen molar-refractivity contribution in [3.05, 3.63) is 34.6 Å². The smallest absolute Gasteiger partial charge is 0.327 e. The van der Waals surface area contributed by atoms with Crippen molar-refractivity contribution in [2.45, 2.75) is 12.6 Å². The lowest BCUT2D eigenvalue weighted by Crippen LogP contribution is -2.46. The highest BCUT2D eigenvalue weighted by molar-refractivity contribution is 7.99. The minimum Gasteiger partial charge on any atom is -0.480 e. The summed E-state index contributed by atoms with van der Waals surface area (Å²) in [5.74, 6) is -0.823. The van der Waals surface area contributed by atoms with Crippen molar-refractivity contribution in [2.24, 2.45) is 0 Å². The fraction of sp³-hybridized carbons (Fsp3) is 0.333. The van der Waals surface area contributed by atoms with E-state index in [4.69, 9.17) is 16.7 Å². The normalized spacial score (nSPS) is 18.1. The predicted molar refractivity (Wildman–Crippen MR) is 74.2 cm³/mol. The maximum atomic E-state index is 13.0. The molecule has 1 aliphatic heterocycles. The van der Waals surface area contributed by atoms with Gasteiger partial charge in [-0.05, 0) is 17.7 Å². The Morgan fingerprint density at radius 2 is 2.30 bits per heavy atom. The Labute approximate surface area is 124 Å². The van der Waals surface area contributed by atoms with E-state index in [2.05, 4.69) is 5.32 Å². The van der Waals surface area contributed by atoms with Crippen LogP contribution < -0.4 is 5.32 Å². The molecule has 1 heterocycles. The average molecular weight is 319 g/mol. The molecule has 0 aromatic heterocycles. The highest BCUT2D eigenvalue weighted by Gasteiger charge is 2.34. The van der Waals surface area contributed by atoms with Gasteiger partial charge in [-0.1, -0.05) is 17.7 Å². The highest BCUT2D eigenvalue weighted by atomic mass is 35.5. The summed E-state index contributed by atoms with van der Waals surface area (Å²) in [7, 11) is 0. The second-order valence-corrected chi connectivity index (χ2v) is 5.64. The van der Waals surface area contributed by atoms with Gasteiger partial charge in [0.2, 0.25) is 0 Å². The van der Waals surface area contributed by atoms with Gasteiger partial charge in [-0.2, -0.15) is 0 Å². The summed E-state index contributed by atoms with van der Waals surface area (Å²) in [4.78, 5) is 24.2. The van der Waals surface area contributed by atoms with E-state index in [1.54, 1.807) is 0 Å². The molecule has 1 fully saturated rings. The molecular weight excluding hydrogens is 307 g/mol. The van der Waals surface area contributed by atoms with Gasteiger partial charge in [-0.25, -0.2) is 14.0 Å². The third-order valence-corrected chi connectivity index (χ3v) is 4.16. The lowest BCUT2D eigenvalue weighted by atomic mass is 10.2. The summed E-state index contributed by atoms with van der Waals surface area (Å²) in [6, 6.07) is 2.88.